The van der Waals surface area contributed by atoms with Crippen molar-refractivity contribution in [2.24, 2.45) is 4.99 Å². The molecule has 0 aromatic heterocycles. The number of thioether (sulfide) groups is 1. The fraction of sp³-hybridized carbons (Fsp3) is 0.923. The second kappa shape index (κ2) is 7.89. The third kappa shape index (κ3) is 4.35. The molecule has 0 aromatic rings. The summed E-state index contributed by atoms with van der Waals surface area (Å²) in [6.45, 7) is 8.59. The Balaban J connectivity index is 2.47. The smallest absolute Gasteiger partial charge is 0.191 e. The third-order valence-electron chi connectivity index (χ3n) is 3.20. The summed E-state index contributed by atoms with van der Waals surface area (Å²) in [5.74, 6) is 1.88. The van der Waals surface area contributed by atoms with Crippen molar-refractivity contribution < 1.29 is 5.11 Å². The summed E-state index contributed by atoms with van der Waals surface area (Å²) in [4.78, 5) is 4.51. The number of nitrogens with one attached hydrogen (secondary N) is 2. The molecule has 0 amide bonds. The minimum atomic E-state index is -0.588. The molecular weight excluding hydrogens is 246 g/mol. The maximum atomic E-state index is 10.5. The maximum Gasteiger partial charge on any atom is 0.191 e. The van der Waals surface area contributed by atoms with Crippen LogP contribution in [0.25, 0.3) is 0 Å². The number of hydrogen-bond donors (Lipinski definition) is 3. The van der Waals surface area contributed by atoms with E-state index in [4.69, 9.17) is 0 Å². The summed E-state index contributed by atoms with van der Waals surface area (Å²) >= 11 is 1.85. The molecule has 0 bridgehead atoms. The molecule has 0 aliphatic heterocycles. The first-order valence-corrected chi connectivity index (χ1v) is 8.07. The summed E-state index contributed by atoms with van der Waals surface area (Å²) in [7, 11) is 0. The summed E-state index contributed by atoms with van der Waals surface area (Å²) in [6, 6.07) is 0. The fourth-order valence-electron chi connectivity index (χ4n) is 2.02. The van der Waals surface area contributed by atoms with Crippen LogP contribution in [0, 0.1) is 0 Å². The summed E-state index contributed by atoms with van der Waals surface area (Å²) in [5, 5.41) is 17.3. The zero-order valence-electron chi connectivity index (χ0n) is 11.8. The van der Waals surface area contributed by atoms with Gasteiger partial charge in [-0.2, -0.15) is 11.8 Å². The van der Waals surface area contributed by atoms with Gasteiger partial charge in [0.2, 0.25) is 0 Å². The average molecular weight is 273 g/mol. The van der Waals surface area contributed by atoms with Crippen LogP contribution in [0.1, 0.15) is 40.0 Å². The quantitative estimate of drug-likeness (QED) is 0.487. The molecule has 1 rings (SSSR count). The van der Waals surface area contributed by atoms with Crippen molar-refractivity contribution in [1.29, 1.82) is 0 Å². The predicted molar refractivity (Wildman–Crippen MR) is 80.4 cm³/mol. The molecule has 2 atom stereocenters. The van der Waals surface area contributed by atoms with E-state index in [2.05, 4.69) is 36.4 Å². The molecule has 2 unspecified atom stereocenters. The number of nitrogens with zero attached hydrogens (tertiary/aromatic N) is 1. The molecule has 18 heavy (non-hydrogen) atoms. The van der Waals surface area contributed by atoms with Gasteiger partial charge in [-0.25, -0.2) is 0 Å². The monoisotopic (exact) mass is 273 g/mol. The Hall–Kier alpha value is -0.420. The highest BCUT2D eigenvalue weighted by Crippen LogP contribution is 2.41. The van der Waals surface area contributed by atoms with E-state index < -0.39 is 5.60 Å². The standard InChI is InChI=1S/C13H27N3OS/c1-4-9-15-12(14-5-2)16-10-13(17)8-7-11(13)18-6-3/h11,17H,4-10H2,1-3H3,(H2,14,15,16). The van der Waals surface area contributed by atoms with Gasteiger partial charge in [-0.05, 0) is 31.9 Å². The molecular formula is C13H27N3OS. The lowest BCUT2D eigenvalue weighted by Crippen LogP contribution is -2.53. The van der Waals surface area contributed by atoms with E-state index in [1.165, 1.54) is 0 Å². The molecule has 0 heterocycles. The number of hydrogen-bond acceptors (Lipinski definition) is 3. The number of rotatable bonds is 7. The molecule has 3 N–H and O–H groups in total. The summed E-state index contributed by atoms with van der Waals surface area (Å²) < 4.78 is 0. The highest BCUT2D eigenvalue weighted by atomic mass is 32.2. The van der Waals surface area contributed by atoms with Crippen molar-refractivity contribution in [1.82, 2.24) is 10.6 Å². The second-order valence-corrected chi connectivity index (χ2v) is 6.19. The first-order valence-electron chi connectivity index (χ1n) is 7.02. The molecule has 5 heteroatoms. The van der Waals surface area contributed by atoms with Crippen LogP contribution >= 0.6 is 11.8 Å². The molecule has 1 aliphatic carbocycles. The Kier molecular flexibility index (Phi) is 6.86. The minimum absolute atomic E-state index is 0.361. The third-order valence-corrected chi connectivity index (χ3v) is 4.61. The lowest BCUT2D eigenvalue weighted by molar-refractivity contribution is -0.0154. The van der Waals surface area contributed by atoms with E-state index in [0.29, 0.717) is 11.8 Å². The van der Waals surface area contributed by atoms with Crippen LogP contribution < -0.4 is 10.6 Å². The Morgan fingerprint density at radius 1 is 1.39 bits per heavy atom. The summed E-state index contributed by atoms with van der Waals surface area (Å²) in [5.41, 5.74) is -0.588. The van der Waals surface area contributed by atoms with Gasteiger partial charge in [0.25, 0.3) is 0 Å². The van der Waals surface area contributed by atoms with E-state index in [0.717, 1.165) is 44.1 Å². The van der Waals surface area contributed by atoms with Crippen LogP contribution in [0.2, 0.25) is 0 Å². The van der Waals surface area contributed by atoms with E-state index in [9.17, 15) is 5.11 Å². The van der Waals surface area contributed by atoms with Crippen molar-refractivity contribution in [2.75, 3.05) is 25.4 Å². The molecule has 4 nitrogen and oxygen atoms in total. The van der Waals surface area contributed by atoms with Crippen LogP contribution in [0.15, 0.2) is 4.99 Å². The lowest BCUT2D eigenvalue weighted by atomic mass is 9.79. The van der Waals surface area contributed by atoms with Crippen molar-refractivity contribution >= 4 is 17.7 Å². The molecule has 106 valence electrons. The Labute approximate surface area is 115 Å². The zero-order valence-corrected chi connectivity index (χ0v) is 12.6. The molecule has 0 saturated heterocycles. The van der Waals surface area contributed by atoms with Gasteiger partial charge in [0.1, 0.15) is 0 Å². The number of guanidine groups is 1. The fourth-order valence-corrected chi connectivity index (χ4v) is 3.21. The SMILES string of the molecule is CCCNC(=NCC1(O)CCC1SCC)NCC. The number of aliphatic imine (C=N–C) groups is 1. The van der Waals surface area contributed by atoms with Gasteiger partial charge in [-0.3, -0.25) is 4.99 Å². The molecule has 0 radical (unpaired) electrons. The topological polar surface area (TPSA) is 56.7 Å². The molecule has 0 spiro atoms. The highest BCUT2D eigenvalue weighted by Gasteiger charge is 2.45. The van der Waals surface area contributed by atoms with Crippen molar-refractivity contribution in [3.05, 3.63) is 0 Å². The molecule has 1 saturated carbocycles. The Morgan fingerprint density at radius 2 is 2.17 bits per heavy atom. The largest absolute Gasteiger partial charge is 0.387 e. The van der Waals surface area contributed by atoms with Gasteiger partial charge in [-0.1, -0.05) is 13.8 Å². The first-order chi connectivity index (χ1) is 8.66. The lowest BCUT2D eigenvalue weighted by Gasteiger charge is -2.44. The van der Waals surface area contributed by atoms with Crippen LogP contribution in [0.5, 0.6) is 0 Å². The van der Waals surface area contributed by atoms with Crippen LogP contribution in [0.4, 0.5) is 0 Å². The van der Waals surface area contributed by atoms with Gasteiger partial charge < -0.3 is 15.7 Å². The van der Waals surface area contributed by atoms with Crippen molar-refractivity contribution in [2.45, 2.75) is 50.9 Å². The Morgan fingerprint density at radius 3 is 2.67 bits per heavy atom. The zero-order chi connectivity index (χ0) is 13.4. The van der Waals surface area contributed by atoms with Crippen LogP contribution in [-0.2, 0) is 0 Å². The second-order valence-electron chi connectivity index (χ2n) is 4.71. The van der Waals surface area contributed by atoms with Gasteiger partial charge >= 0.3 is 0 Å². The minimum Gasteiger partial charge on any atom is -0.387 e. The maximum absolute atomic E-state index is 10.5. The number of aliphatic hydroxyl groups is 1. The molecule has 1 fully saturated rings. The first kappa shape index (κ1) is 15.6. The molecule has 1 aliphatic rings. The van der Waals surface area contributed by atoms with E-state index in [-0.39, 0.29) is 0 Å². The van der Waals surface area contributed by atoms with Gasteiger partial charge in [-0.15, -0.1) is 0 Å². The van der Waals surface area contributed by atoms with Crippen molar-refractivity contribution in [3.63, 3.8) is 0 Å². The predicted octanol–water partition coefficient (Wildman–Crippen LogP) is 1.60. The summed E-state index contributed by atoms with van der Waals surface area (Å²) in [6.07, 6.45) is 3.06. The highest BCUT2D eigenvalue weighted by molar-refractivity contribution is 8.00. The van der Waals surface area contributed by atoms with E-state index >= 15 is 0 Å². The average Bonchev–Trinajstić information content (AvgIpc) is 2.37. The van der Waals surface area contributed by atoms with Gasteiger partial charge in [0.05, 0.1) is 12.1 Å². The van der Waals surface area contributed by atoms with Crippen molar-refractivity contribution in [3.8, 4) is 0 Å². The van der Waals surface area contributed by atoms with Gasteiger partial charge in [0.15, 0.2) is 5.96 Å². The van der Waals surface area contributed by atoms with Gasteiger partial charge in [0, 0.05) is 18.3 Å². The van der Waals surface area contributed by atoms with Crippen LogP contribution in [-0.4, -0.2) is 47.3 Å². The molecule has 0 aromatic carbocycles. The van der Waals surface area contributed by atoms with Crippen LogP contribution in [0.3, 0.4) is 0 Å². The van der Waals surface area contributed by atoms with E-state index in [1.54, 1.807) is 0 Å². The normalized spacial score (nSPS) is 27.8. The Bertz CT molecular complexity index is 273. The van der Waals surface area contributed by atoms with E-state index in [1.807, 2.05) is 11.8 Å².